The molecule has 3 N–H and O–H groups in total. The van der Waals surface area contributed by atoms with Gasteiger partial charge in [0.15, 0.2) is 0 Å². The predicted octanol–water partition coefficient (Wildman–Crippen LogP) is 1.97. The second-order valence-electron chi connectivity index (χ2n) is 3.72. The Balaban J connectivity index is 5.62. The molecule has 0 radical (unpaired) electrons. The zero-order valence-electron chi connectivity index (χ0n) is 9.38. The van der Waals surface area contributed by atoms with E-state index in [0.29, 0.717) is 6.08 Å². The summed E-state index contributed by atoms with van der Waals surface area (Å²) in [7, 11) is 0. The van der Waals surface area contributed by atoms with Gasteiger partial charge in [-0.2, -0.15) is 0 Å². The average Bonchev–Trinajstić information content (AvgIpc) is 1.99. The van der Waals surface area contributed by atoms with Crippen LogP contribution in [-0.4, -0.2) is 29.6 Å². The molecule has 0 aromatic carbocycles. The molecular formula is C10H16F3NO2. The number of carboxylic acid groups (broad SMARTS) is 1. The lowest BCUT2D eigenvalue weighted by Crippen LogP contribution is -2.49. The fourth-order valence-corrected chi connectivity index (χ4v) is 1.90. The Morgan fingerprint density at radius 3 is 1.69 bits per heavy atom. The number of alkyl halides is 3. The van der Waals surface area contributed by atoms with Crippen LogP contribution in [0.1, 0.15) is 20.8 Å². The van der Waals surface area contributed by atoms with Crippen molar-refractivity contribution in [2.24, 2.45) is 11.1 Å². The minimum Gasteiger partial charge on any atom is -0.478 e. The lowest BCUT2D eigenvalue weighted by molar-refractivity contribution is -0.131. The molecule has 6 heteroatoms. The monoisotopic (exact) mass is 239 g/mol. The van der Waals surface area contributed by atoms with Gasteiger partial charge in [0.05, 0.1) is 0 Å². The van der Waals surface area contributed by atoms with Crippen LogP contribution in [0.4, 0.5) is 13.2 Å². The standard InChI is InChI=1S/C10H16F3NO2/c1-5(11)10(6(2)12,7(3)13)8(14)4-9(15)16/h4-7H,14H2,1-3H3,(H,15,16)/b8-4-. The van der Waals surface area contributed by atoms with E-state index in [1.54, 1.807) is 0 Å². The Morgan fingerprint density at radius 1 is 1.19 bits per heavy atom. The smallest absolute Gasteiger partial charge is 0.330 e. The molecule has 0 saturated heterocycles. The number of hydrogen-bond acceptors (Lipinski definition) is 2. The van der Waals surface area contributed by atoms with Gasteiger partial charge in [0.2, 0.25) is 0 Å². The summed E-state index contributed by atoms with van der Waals surface area (Å²) >= 11 is 0. The van der Waals surface area contributed by atoms with Gasteiger partial charge >= 0.3 is 5.97 Å². The van der Waals surface area contributed by atoms with Crippen molar-refractivity contribution in [1.82, 2.24) is 0 Å². The largest absolute Gasteiger partial charge is 0.478 e. The van der Waals surface area contributed by atoms with E-state index >= 15 is 0 Å². The number of aliphatic carboxylic acids is 1. The first kappa shape index (κ1) is 14.8. The van der Waals surface area contributed by atoms with Crippen molar-refractivity contribution in [3.8, 4) is 0 Å². The number of halogens is 3. The topological polar surface area (TPSA) is 63.3 Å². The van der Waals surface area contributed by atoms with Gasteiger partial charge in [0.25, 0.3) is 0 Å². The molecule has 3 atom stereocenters. The van der Waals surface area contributed by atoms with Crippen LogP contribution < -0.4 is 5.73 Å². The van der Waals surface area contributed by atoms with E-state index in [9.17, 15) is 18.0 Å². The van der Waals surface area contributed by atoms with E-state index in [1.165, 1.54) is 0 Å². The Bertz CT molecular complexity index is 266. The second kappa shape index (κ2) is 5.23. The molecule has 16 heavy (non-hydrogen) atoms. The van der Waals surface area contributed by atoms with E-state index in [-0.39, 0.29) is 0 Å². The molecule has 0 aliphatic rings. The van der Waals surface area contributed by atoms with Gasteiger partial charge in [-0.05, 0) is 20.8 Å². The summed E-state index contributed by atoms with van der Waals surface area (Å²) in [6.45, 7) is 2.86. The van der Waals surface area contributed by atoms with Crippen molar-refractivity contribution in [2.75, 3.05) is 0 Å². The van der Waals surface area contributed by atoms with Crippen LogP contribution in [0, 0.1) is 5.41 Å². The van der Waals surface area contributed by atoms with E-state index in [0.717, 1.165) is 20.8 Å². The lowest BCUT2D eigenvalue weighted by atomic mass is 9.73. The van der Waals surface area contributed by atoms with Crippen LogP contribution in [0.2, 0.25) is 0 Å². The highest BCUT2D eigenvalue weighted by Gasteiger charge is 2.50. The van der Waals surface area contributed by atoms with Gasteiger partial charge in [-0.25, -0.2) is 18.0 Å². The molecule has 3 nitrogen and oxygen atoms in total. The van der Waals surface area contributed by atoms with Crippen LogP contribution in [0.15, 0.2) is 11.8 Å². The van der Waals surface area contributed by atoms with Crippen LogP contribution >= 0.6 is 0 Å². The Labute approximate surface area is 92.1 Å². The first-order valence-electron chi connectivity index (χ1n) is 4.80. The molecule has 0 aliphatic heterocycles. The summed E-state index contributed by atoms with van der Waals surface area (Å²) in [6.07, 6.45) is -5.39. The number of rotatable bonds is 5. The van der Waals surface area contributed by atoms with Gasteiger partial charge in [-0.1, -0.05) is 0 Å². The first-order valence-corrected chi connectivity index (χ1v) is 4.80. The maximum Gasteiger partial charge on any atom is 0.330 e. The molecule has 0 aromatic rings. The molecule has 94 valence electrons. The van der Waals surface area contributed by atoms with Crippen molar-refractivity contribution in [3.63, 3.8) is 0 Å². The Hall–Kier alpha value is -1.20. The molecule has 0 amide bonds. The molecule has 0 saturated carbocycles. The SMILES string of the molecule is CC(F)C(/C(N)=C/C(=O)O)(C(C)F)C(C)F. The van der Waals surface area contributed by atoms with E-state index in [2.05, 4.69) is 0 Å². The third kappa shape index (κ3) is 2.48. The summed E-state index contributed by atoms with van der Waals surface area (Å²) < 4.78 is 40.3. The van der Waals surface area contributed by atoms with Gasteiger partial charge in [-0.15, -0.1) is 0 Å². The first-order chi connectivity index (χ1) is 7.17. The predicted molar refractivity (Wildman–Crippen MR) is 54.0 cm³/mol. The normalized spacial score (nSPS) is 22.0. The van der Waals surface area contributed by atoms with Crippen LogP contribution in [0.25, 0.3) is 0 Å². The molecule has 0 fully saturated rings. The van der Waals surface area contributed by atoms with Gasteiger partial charge in [0, 0.05) is 11.8 Å². The Morgan fingerprint density at radius 2 is 1.50 bits per heavy atom. The maximum absolute atomic E-state index is 13.4. The summed E-state index contributed by atoms with van der Waals surface area (Å²) in [5.74, 6) is -1.47. The zero-order valence-corrected chi connectivity index (χ0v) is 9.38. The highest BCUT2D eigenvalue weighted by molar-refractivity contribution is 5.80. The number of allylic oxidation sites excluding steroid dienone is 1. The summed E-state index contributed by atoms with van der Waals surface area (Å²) in [5.41, 5.74) is 2.43. The number of nitrogens with two attached hydrogens (primary N) is 1. The highest BCUT2D eigenvalue weighted by Crippen LogP contribution is 2.41. The third-order valence-electron chi connectivity index (χ3n) is 2.75. The molecule has 0 spiro atoms. The zero-order chi connectivity index (χ0) is 13.1. The molecular weight excluding hydrogens is 223 g/mol. The minimum absolute atomic E-state index is 0.433. The number of carboxylic acids is 1. The van der Waals surface area contributed by atoms with Gasteiger partial charge < -0.3 is 10.8 Å². The Kier molecular flexibility index (Phi) is 4.83. The minimum atomic E-state index is -2.25. The quantitative estimate of drug-likeness (QED) is 0.721. The van der Waals surface area contributed by atoms with Crippen molar-refractivity contribution in [1.29, 1.82) is 0 Å². The van der Waals surface area contributed by atoms with Gasteiger partial charge in [0.1, 0.15) is 23.9 Å². The summed E-state index contributed by atoms with van der Waals surface area (Å²) in [5, 5.41) is 8.47. The molecule has 0 bridgehead atoms. The van der Waals surface area contributed by atoms with Crippen molar-refractivity contribution >= 4 is 5.97 Å². The molecule has 0 rings (SSSR count). The van der Waals surface area contributed by atoms with Crippen LogP contribution in [0.5, 0.6) is 0 Å². The fraction of sp³-hybridized carbons (Fsp3) is 0.700. The second-order valence-corrected chi connectivity index (χ2v) is 3.72. The number of hydrogen-bond donors (Lipinski definition) is 2. The lowest BCUT2D eigenvalue weighted by Gasteiger charge is -2.38. The third-order valence-corrected chi connectivity index (χ3v) is 2.75. The van der Waals surface area contributed by atoms with E-state index in [1.807, 2.05) is 0 Å². The molecule has 0 heterocycles. The van der Waals surface area contributed by atoms with E-state index < -0.39 is 35.6 Å². The maximum atomic E-state index is 13.4. The molecule has 0 aliphatic carbocycles. The average molecular weight is 239 g/mol. The fourth-order valence-electron chi connectivity index (χ4n) is 1.90. The van der Waals surface area contributed by atoms with Crippen molar-refractivity contribution in [3.05, 3.63) is 11.8 Å². The number of carbonyl (C=O) groups is 1. The van der Waals surface area contributed by atoms with Crippen molar-refractivity contribution in [2.45, 2.75) is 39.3 Å². The van der Waals surface area contributed by atoms with Crippen LogP contribution in [-0.2, 0) is 4.79 Å². The highest BCUT2D eigenvalue weighted by atomic mass is 19.2. The summed E-state index contributed by atoms with van der Waals surface area (Å²) in [4.78, 5) is 10.4. The van der Waals surface area contributed by atoms with E-state index in [4.69, 9.17) is 10.8 Å². The van der Waals surface area contributed by atoms with Gasteiger partial charge in [-0.3, -0.25) is 0 Å². The van der Waals surface area contributed by atoms with Crippen molar-refractivity contribution < 1.29 is 23.1 Å². The molecule has 3 unspecified atom stereocenters. The molecule has 0 aromatic heterocycles. The summed E-state index contributed by atoms with van der Waals surface area (Å²) in [6, 6.07) is 0. The van der Waals surface area contributed by atoms with Crippen LogP contribution in [0.3, 0.4) is 0 Å².